The van der Waals surface area contributed by atoms with Gasteiger partial charge in [-0.3, -0.25) is 4.72 Å². The highest BCUT2D eigenvalue weighted by atomic mass is 35.5. The zero-order chi connectivity index (χ0) is 22.1. The number of nitrogens with zero attached hydrogens (tertiary/aromatic N) is 2. The van der Waals surface area contributed by atoms with Crippen LogP contribution < -0.4 is 20.7 Å². The lowest BCUT2D eigenvalue weighted by atomic mass is 10.1. The SMILES string of the molecule is CC(C)(C)S(=O)(=O)Nc1ccc(Nc2nc(NC3CCNCC3)nc3sccc23)cc1.Cl. The molecule has 0 amide bonds. The molecule has 0 radical (unpaired) electrons. The fraction of sp³-hybridized carbons (Fsp3) is 0.429. The normalized spacial score (nSPS) is 15.2. The first-order valence-electron chi connectivity index (χ1n) is 10.3. The van der Waals surface area contributed by atoms with Crippen molar-refractivity contribution in [2.75, 3.05) is 28.4 Å². The minimum atomic E-state index is -3.47. The van der Waals surface area contributed by atoms with Crippen molar-refractivity contribution in [1.29, 1.82) is 0 Å². The number of thiophene rings is 1. The van der Waals surface area contributed by atoms with Crippen LogP contribution in [0.3, 0.4) is 0 Å². The average Bonchev–Trinajstić information content (AvgIpc) is 3.18. The molecule has 0 unspecified atom stereocenters. The summed E-state index contributed by atoms with van der Waals surface area (Å²) in [5, 5.41) is 13.1. The number of anilines is 4. The fourth-order valence-corrected chi connectivity index (χ4v) is 4.75. The average molecular weight is 497 g/mol. The number of sulfonamides is 1. The van der Waals surface area contributed by atoms with Gasteiger partial charge in [0.05, 0.1) is 10.1 Å². The molecule has 1 saturated heterocycles. The van der Waals surface area contributed by atoms with Crippen molar-refractivity contribution in [3.8, 4) is 0 Å². The second-order valence-corrected chi connectivity index (χ2v) is 12.0. The molecule has 1 aliphatic rings. The summed E-state index contributed by atoms with van der Waals surface area (Å²) in [5.74, 6) is 1.35. The number of rotatable bonds is 6. The van der Waals surface area contributed by atoms with Gasteiger partial charge in [0.15, 0.2) is 0 Å². The Balaban J connectivity index is 0.00000289. The molecule has 4 N–H and O–H groups in total. The molecule has 0 aliphatic carbocycles. The molecule has 11 heteroatoms. The van der Waals surface area contributed by atoms with Gasteiger partial charge in [-0.05, 0) is 82.4 Å². The van der Waals surface area contributed by atoms with Crippen molar-refractivity contribution >= 4 is 67.1 Å². The molecule has 32 heavy (non-hydrogen) atoms. The van der Waals surface area contributed by atoms with Gasteiger partial charge < -0.3 is 16.0 Å². The van der Waals surface area contributed by atoms with E-state index < -0.39 is 14.8 Å². The molecular formula is C21H29ClN6O2S2. The van der Waals surface area contributed by atoms with E-state index in [2.05, 4.69) is 25.7 Å². The number of piperidine rings is 1. The van der Waals surface area contributed by atoms with Crippen molar-refractivity contribution < 1.29 is 8.42 Å². The molecule has 0 spiro atoms. The Labute approximate surface area is 199 Å². The van der Waals surface area contributed by atoms with Gasteiger partial charge in [0.1, 0.15) is 10.6 Å². The van der Waals surface area contributed by atoms with Crippen molar-refractivity contribution in [2.45, 2.75) is 44.4 Å². The first-order valence-corrected chi connectivity index (χ1v) is 12.7. The number of fused-ring (bicyclic) bond motifs is 1. The maximum atomic E-state index is 12.4. The Morgan fingerprint density at radius 1 is 1.03 bits per heavy atom. The Morgan fingerprint density at radius 2 is 1.69 bits per heavy atom. The Bertz CT molecular complexity index is 1150. The number of hydrogen-bond acceptors (Lipinski definition) is 8. The number of benzene rings is 1. The van der Waals surface area contributed by atoms with Gasteiger partial charge in [0.25, 0.3) is 0 Å². The lowest BCUT2D eigenvalue weighted by Gasteiger charge is -2.23. The van der Waals surface area contributed by atoms with Gasteiger partial charge in [-0.2, -0.15) is 4.98 Å². The van der Waals surface area contributed by atoms with Gasteiger partial charge in [0, 0.05) is 17.4 Å². The zero-order valence-corrected chi connectivity index (χ0v) is 20.8. The summed E-state index contributed by atoms with van der Waals surface area (Å²) < 4.78 is 26.5. The van der Waals surface area contributed by atoms with Crippen LogP contribution in [0.5, 0.6) is 0 Å². The molecule has 1 fully saturated rings. The second kappa shape index (κ2) is 9.78. The summed E-state index contributed by atoms with van der Waals surface area (Å²) in [4.78, 5) is 10.3. The molecule has 1 aromatic carbocycles. The van der Waals surface area contributed by atoms with Crippen LogP contribution >= 0.6 is 23.7 Å². The quantitative estimate of drug-likeness (QED) is 0.396. The lowest BCUT2D eigenvalue weighted by Crippen LogP contribution is -2.35. The van der Waals surface area contributed by atoms with Gasteiger partial charge in [0.2, 0.25) is 16.0 Å². The van der Waals surface area contributed by atoms with Crippen LogP contribution in [-0.2, 0) is 10.0 Å². The van der Waals surface area contributed by atoms with Gasteiger partial charge in [-0.1, -0.05) is 0 Å². The van der Waals surface area contributed by atoms with E-state index in [1.54, 1.807) is 44.2 Å². The van der Waals surface area contributed by atoms with E-state index in [-0.39, 0.29) is 12.4 Å². The smallest absolute Gasteiger partial charge is 0.237 e. The molecule has 1 aliphatic heterocycles. The third-order valence-corrected chi connectivity index (χ3v) is 8.13. The molecular weight excluding hydrogens is 468 g/mol. The number of halogens is 1. The molecule has 8 nitrogen and oxygen atoms in total. The van der Waals surface area contributed by atoms with Crippen LogP contribution in [0.4, 0.5) is 23.1 Å². The molecule has 174 valence electrons. The third-order valence-electron chi connectivity index (χ3n) is 5.20. The highest BCUT2D eigenvalue weighted by Crippen LogP contribution is 2.30. The third kappa shape index (κ3) is 5.61. The van der Waals surface area contributed by atoms with Crippen LogP contribution in [0.25, 0.3) is 10.2 Å². The topological polar surface area (TPSA) is 108 Å². The van der Waals surface area contributed by atoms with E-state index in [9.17, 15) is 8.42 Å². The molecule has 3 heterocycles. The standard InChI is InChI=1S/C21H28N6O2S2.ClH/c1-21(2,3)31(28,29)27-16-6-4-14(5-7-16)23-18-17-10-13-30-19(17)26-20(25-18)24-15-8-11-22-12-9-15;/h4-7,10,13,15,22,27H,8-9,11-12H2,1-3H3,(H2,23,24,25,26);1H. The van der Waals surface area contributed by atoms with Crippen molar-refractivity contribution in [2.24, 2.45) is 0 Å². The first-order chi connectivity index (χ1) is 14.7. The van der Waals surface area contributed by atoms with Gasteiger partial charge in [-0.25, -0.2) is 13.4 Å². The van der Waals surface area contributed by atoms with E-state index >= 15 is 0 Å². The number of aromatic nitrogens is 2. The molecule has 3 aromatic rings. The summed E-state index contributed by atoms with van der Waals surface area (Å²) in [6, 6.07) is 9.52. The van der Waals surface area contributed by atoms with Crippen molar-refractivity contribution in [1.82, 2.24) is 15.3 Å². The van der Waals surface area contributed by atoms with Gasteiger partial charge >= 0.3 is 0 Å². The summed E-state index contributed by atoms with van der Waals surface area (Å²) in [7, 11) is -3.47. The minimum Gasteiger partial charge on any atom is -0.351 e. The zero-order valence-electron chi connectivity index (χ0n) is 18.3. The summed E-state index contributed by atoms with van der Waals surface area (Å²) in [5.41, 5.74) is 1.34. The predicted octanol–water partition coefficient (Wildman–Crippen LogP) is 4.56. The molecule has 0 bridgehead atoms. The highest BCUT2D eigenvalue weighted by Gasteiger charge is 2.28. The number of hydrogen-bond donors (Lipinski definition) is 4. The monoisotopic (exact) mass is 496 g/mol. The van der Waals surface area contributed by atoms with Crippen LogP contribution in [-0.4, -0.2) is 42.3 Å². The predicted molar refractivity (Wildman–Crippen MR) is 136 cm³/mol. The van der Waals surface area contributed by atoms with E-state index in [0.29, 0.717) is 17.7 Å². The summed E-state index contributed by atoms with van der Waals surface area (Å²) in [6.07, 6.45) is 2.08. The Kier molecular flexibility index (Phi) is 7.49. The van der Waals surface area contributed by atoms with Crippen molar-refractivity contribution in [3.63, 3.8) is 0 Å². The largest absolute Gasteiger partial charge is 0.351 e. The van der Waals surface area contributed by atoms with E-state index in [4.69, 9.17) is 4.98 Å². The second-order valence-electron chi connectivity index (χ2n) is 8.62. The highest BCUT2D eigenvalue weighted by molar-refractivity contribution is 7.94. The molecule has 4 rings (SSSR count). The lowest BCUT2D eigenvalue weighted by molar-refractivity contribution is 0.477. The van der Waals surface area contributed by atoms with Gasteiger partial charge in [-0.15, -0.1) is 23.7 Å². The maximum Gasteiger partial charge on any atom is 0.237 e. The summed E-state index contributed by atoms with van der Waals surface area (Å²) in [6.45, 7) is 7.00. The molecule has 0 atom stereocenters. The molecule has 0 saturated carbocycles. The van der Waals surface area contributed by atoms with Crippen LogP contribution in [0.15, 0.2) is 35.7 Å². The van der Waals surface area contributed by atoms with E-state index in [1.165, 1.54) is 0 Å². The van der Waals surface area contributed by atoms with E-state index in [0.717, 1.165) is 47.7 Å². The van der Waals surface area contributed by atoms with E-state index in [1.807, 2.05) is 23.6 Å². The molecule has 2 aromatic heterocycles. The number of nitrogens with one attached hydrogen (secondary N) is 4. The Morgan fingerprint density at radius 3 is 2.34 bits per heavy atom. The maximum absolute atomic E-state index is 12.4. The summed E-state index contributed by atoms with van der Waals surface area (Å²) >= 11 is 1.58. The first kappa shape index (κ1) is 24.5. The van der Waals surface area contributed by atoms with Crippen LogP contribution in [0.1, 0.15) is 33.6 Å². The minimum absolute atomic E-state index is 0. The van der Waals surface area contributed by atoms with Crippen molar-refractivity contribution in [3.05, 3.63) is 35.7 Å². The van der Waals surface area contributed by atoms with Crippen LogP contribution in [0.2, 0.25) is 0 Å². The van der Waals surface area contributed by atoms with Crippen LogP contribution in [0, 0.1) is 0 Å². The fourth-order valence-electron chi connectivity index (χ4n) is 3.23. The Hall–Kier alpha value is -2.14.